The normalized spacial score (nSPS) is 12.6. The van der Waals surface area contributed by atoms with Gasteiger partial charge in [0.2, 0.25) is 5.56 Å². The second-order valence-corrected chi connectivity index (χ2v) is 4.44. The predicted molar refractivity (Wildman–Crippen MR) is 73.7 cm³/mol. The highest BCUT2D eigenvalue weighted by atomic mass is 16.1. The molecule has 0 saturated heterocycles. The highest BCUT2D eigenvalue weighted by Crippen LogP contribution is 2.25. The third-order valence-electron chi connectivity index (χ3n) is 3.12. The van der Waals surface area contributed by atoms with E-state index in [4.69, 9.17) is 0 Å². The maximum atomic E-state index is 12.0. The number of fused-ring (bicyclic) bond motifs is 1. The molecule has 2 aromatic rings. The van der Waals surface area contributed by atoms with E-state index >= 15 is 0 Å². The Morgan fingerprint density at radius 2 is 2.11 bits per heavy atom. The second kappa shape index (κ2) is 4.61. The van der Waals surface area contributed by atoms with Crippen molar-refractivity contribution >= 4 is 17.3 Å². The van der Waals surface area contributed by atoms with Crippen LogP contribution in [0.5, 0.6) is 0 Å². The SMILES string of the molecule is O=C(Nc1ccc2c(c1)CCN2)c1ccc(=O)[nH]c1. The Bertz CT molecular complexity index is 671. The largest absolute Gasteiger partial charge is 0.384 e. The number of hydrogen-bond donors (Lipinski definition) is 3. The number of anilines is 2. The molecule has 3 N–H and O–H groups in total. The quantitative estimate of drug-likeness (QED) is 0.763. The van der Waals surface area contributed by atoms with Gasteiger partial charge < -0.3 is 15.6 Å². The van der Waals surface area contributed by atoms with Crippen LogP contribution in [0.1, 0.15) is 15.9 Å². The van der Waals surface area contributed by atoms with Gasteiger partial charge >= 0.3 is 0 Å². The first kappa shape index (κ1) is 11.5. The first-order valence-electron chi connectivity index (χ1n) is 6.09. The average Bonchev–Trinajstić information content (AvgIpc) is 2.87. The van der Waals surface area contributed by atoms with Crippen LogP contribution in [0.25, 0.3) is 0 Å². The van der Waals surface area contributed by atoms with Gasteiger partial charge in [0.1, 0.15) is 0 Å². The minimum absolute atomic E-state index is 0.222. The van der Waals surface area contributed by atoms with E-state index in [-0.39, 0.29) is 11.5 Å². The van der Waals surface area contributed by atoms with Crippen molar-refractivity contribution in [3.8, 4) is 0 Å². The van der Waals surface area contributed by atoms with Gasteiger partial charge in [-0.2, -0.15) is 0 Å². The van der Waals surface area contributed by atoms with E-state index in [2.05, 4.69) is 15.6 Å². The summed E-state index contributed by atoms with van der Waals surface area (Å²) in [5.74, 6) is -0.234. The molecule has 1 amide bonds. The standard InChI is InChI=1S/C14H13N3O2/c18-13-4-1-10(8-16-13)14(19)17-11-2-3-12-9(7-11)5-6-15-12/h1-4,7-8,15H,5-6H2,(H,16,18)(H,17,19). The number of nitrogens with one attached hydrogen (secondary N) is 3. The minimum atomic E-state index is -0.234. The first-order valence-corrected chi connectivity index (χ1v) is 6.09. The molecule has 5 nitrogen and oxygen atoms in total. The molecule has 0 unspecified atom stereocenters. The lowest BCUT2D eigenvalue weighted by Gasteiger charge is -2.07. The van der Waals surface area contributed by atoms with Crippen LogP contribution in [0.3, 0.4) is 0 Å². The molecule has 0 bridgehead atoms. The maximum absolute atomic E-state index is 12.0. The monoisotopic (exact) mass is 255 g/mol. The molecule has 5 heteroatoms. The van der Waals surface area contributed by atoms with Crippen molar-refractivity contribution < 1.29 is 4.79 Å². The average molecular weight is 255 g/mol. The van der Waals surface area contributed by atoms with Crippen LogP contribution in [-0.2, 0) is 6.42 Å². The molecule has 0 fully saturated rings. The zero-order chi connectivity index (χ0) is 13.2. The van der Waals surface area contributed by atoms with Gasteiger partial charge in [-0.05, 0) is 36.2 Å². The van der Waals surface area contributed by atoms with E-state index in [1.807, 2.05) is 18.2 Å². The van der Waals surface area contributed by atoms with Crippen LogP contribution in [-0.4, -0.2) is 17.4 Å². The molecule has 0 saturated carbocycles. The van der Waals surface area contributed by atoms with Crippen molar-refractivity contribution in [3.63, 3.8) is 0 Å². The van der Waals surface area contributed by atoms with Crippen molar-refractivity contribution in [2.45, 2.75) is 6.42 Å². The predicted octanol–water partition coefficient (Wildman–Crippen LogP) is 1.60. The van der Waals surface area contributed by atoms with E-state index in [1.54, 1.807) is 0 Å². The molecular weight excluding hydrogens is 242 g/mol. The number of rotatable bonds is 2. The molecular formula is C14H13N3O2. The van der Waals surface area contributed by atoms with Crippen LogP contribution in [0.15, 0.2) is 41.3 Å². The van der Waals surface area contributed by atoms with Gasteiger partial charge in [0.15, 0.2) is 0 Å². The van der Waals surface area contributed by atoms with Gasteiger partial charge in [-0.1, -0.05) is 0 Å². The number of benzene rings is 1. The van der Waals surface area contributed by atoms with Crippen LogP contribution in [0, 0.1) is 0 Å². The summed E-state index contributed by atoms with van der Waals surface area (Å²) in [7, 11) is 0. The molecule has 0 spiro atoms. The maximum Gasteiger partial charge on any atom is 0.257 e. The Hall–Kier alpha value is -2.56. The fraction of sp³-hybridized carbons (Fsp3) is 0.143. The summed E-state index contributed by atoms with van der Waals surface area (Å²) in [6.07, 6.45) is 2.38. The van der Waals surface area contributed by atoms with Crippen LogP contribution >= 0.6 is 0 Å². The van der Waals surface area contributed by atoms with Crippen LogP contribution in [0.2, 0.25) is 0 Å². The van der Waals surface area contributed by atoms with Crippen LogP contribution in [0.4, 0.5) is 11.4 Å². The highest BCUT2D eigenvalue weighted by molar-refractivity contribution is 6.04. The van der Waals surface area contributed by atoms with Crippen molar-refractivity contribution in [1.82, 2.24) is 4.98 Å². The third-order valence-corrected chi connectivity index (χ3v) is 3.12. The lowest BCUT2D eigenvalue weighted by atomic mass is 10.1. The Kier molecular flexibility index (Phi) is 2.79. The fourth-order valence-corrected chi connectivity index (χ4v) is 2.14. The van der Waals surface area contributed by atoms with Gasteiger partial charge in [-0.15, -0.1) is 0 Å². The number of H-pyrrole nitrogens is 1. The van der Waals surface area contributed by atoms with E-state index in [9.17, 15) is 9.59 Å². The highest BCUT2D eigenvalue weighted by Gasteiger charge is 2.11. The Labute approximate surface area is 109 Å². The lowest BCUT2D eigenvalue weighted by Crippen LogP contribution is -2.14. The molecule has 1 aromatic carbocycles. The van der Waals surface area contributed by atoms with Crippen molar-refractivity contribution in [2.75, 3.05) is 17.2 Å². The van der Waals surface area contributed by atoms with Crippen molar-refractivity contribution in [1.29, 1.82) is 0 Å². The van der Waals surface area contributed by atoms with Crippen molar-refractivity contribution in [2.24, 2.45) is 0 Å². The summed E-state index contributed by atoms with van der Waals surface area (Å²) in [5.41, 5.74) is 3.30. The molecule has 96 valence electrons. The molecule has 3 rings (SSSR count). The number of carbonyl (C=O) groups excluding carboxylic acids is 1. The summed E-state index contributed by atoms with van der Waals surface area (Å²) in [5, 5.41) is 6.08. The Balaban J connectivity index is 1.79. The molecule has 0 aliphatic carbocycles. The van der Waals surface area contributed by atoms with Gasteiger partial charge in [0.25, 0.3) is 5.91 Å². The summed E-state index contributed by atoms with van der Waals surface area (Å²) < 4.78 is 0. The number of aromatic amines is 1. The molecule has 1 aliphatic rings. The molecule has 2 heterocycles. The summed E-state index contributed by atoms with van der Waals surface area (Å²) >= 11 is 0. The molecule has 1 aromatic heterocycles. The minimum Gasteiger partial charge on any atom is -0.384 e. The first-order chi connectivity index (χ1) is 9.22. The molecule has 19 heavy (non-hydrogen) atoms. The molecule has 0 radical (unpaired) electrons. The fourth-order valence-electron chi connectivity index (χ4n) is 2.14. The van der Waals surface area contributed by atoms with E-state index in [1.165, 1.54) is 23.9 Å². The molecule has 1 aliphatic heterocycles. The number of pyridine rings is 1. The lowest BCUT2D eigenvalue weighted by molar-refractivity contribution is 0.102. The summed E-state index contributed by atoms with van der Waals surface area (Å²) in [6.45, 7) is 0.937. The number of carbonyl (C=O) groups is 1. The van der Waals surface area contributed by atoms with Gasteiger partial charge in [-0.25, -0.2) is 0 Å². The second-order valence-electron chi connectivity index (χ2n) is 4.44. The van der Waals surface area contributed by atoms with Crippen molar-refractivity contribution in [3.05, 3.63) is 58.0 Å². The Morgan fingerprint density at radius 3 is 2.89 bits per heavy atom. The van der Waals surface area contributed by atoms with E-state index in [0.717, 1.165) is 24.3 Å². The number of aromatic nitrogens is 1. The van der Waals surface area contributed by atoms with Crippen LogP contribution < -0.4 is 16.2 Å². The number of amides is 1. The topological polar surface area (TPSA) is 74.0 Å². The van der Waals surface area contributed by atoms with E-state index < -0.39 is 0 Å². The van der Waals surface area contributed by atoms with E-state index in [0.29, 0.717) is 5.56 Å². The zero-order valence-electron chi connectivity index (χ0n) is 10.2. The summed E-state index contributed by atoms with van der Waals surface area (Å²) in [4.78, 5) is 25.4. The van der Waals surface area contributed by atoms with Gasteiger partial charge in [0.05, 0.1) is 5.56 Å². The molecule has 0 atom stereocenters. The third kappa shape index (κ3) is 2.35. The summed E-state index contributed by atoms with van der Waals surface area (Å²) in [6, 6.07) is 8.63. The van der Waals surface area contributed by atoms with Gasteiger partial charge in [-0.3, -0.25) is 9.59 Å². The Morgan fingerprint density at radius 1 is 1.21 bits per heavy atom. The number of hydrogen-bond acceptors (Lipinski definition) is 3. The van der Waals surface area contributed by atoms with Gasteiger partial charge in [0, 0.05) is 30.2 Å². The zero-order valence-corrected chi connectivity index (χ0v) is 10.2. The smallest absolute Gasteiger partial charge is 0.257 e.